The van der Waals surface area contributed by atoms with Gasteiger partial charge in [0.15, 0.2) is 0 Å². The molecule has 1 N–H and O–H groups in total. The average molecular weight is 366 g/mol. The molecule has 0 aliphatic rings. The highest BCUT2D eigenvalue weighted by molar-refractivity contribution is 9.12. The second kappa shape index (κ2) is 4.68. The van der Waals surface area contributed by atoms with Crippen LogP contribution in [0.4, 0.5) is 6.01 Å². The van der Waals surface area contributed by atoms with Crippen LogP contribution in [0.3, 0.4) is 0 Å². The van der Waals surface area contributed by atoms with Gasteiger partial charge < -0.3 is 4.42 Å². The number of rotatable bonds is 2. The third kappa shape index (κ3) is 2.53. The molecule has 0 aromatic carbocycles. The van der Waals surface area contributed by atoms with E-state index >= 15 is 0 Å². The fraction of sp³-hybridized carbons (Fsp3) is 0.111. The molecule has 0 bridgehead atoms. The molecule has 0 aliphatic carbocycles. The van der Waals surface area contributed by atoms with Crippen LogP contribution in [0.15, 0.2) is 24.3 Å². The quantitative estimate of drug-likeness (QED) is 0.879. The normalized spacial score (nSPS) is 10.4. The molecule has 0 saturated carbocycles. The Bertz CT molecular complexity index is 535. The van der Waals surface area contributed by atoms with Crippen molar-refractivity contribution in [3.8, 4) is 0 Å². The first-order chi connectivity index (χ1) is 7.56. The third-order valence-electron chi connectivity index (χ3n) is 1.74. The van der Waals surface area contributed by atoms with Crippen LogP contribution in [-0.4, -0.2) is 10.9 Å². The summed E-state index contributed by atoms with van der Waals surface area (Å²) in [7, 11) is 0. The standard InChI is InChI=1S/C9H6Br2N2O2S/c1-4-3-15-9(12-4)13-8(14)5-2-6(10)16-7(5)11/h2-3H,1H3,(H,12,13,14). The number of nitrogens with one attached hydrogen (secondary N) is 1. The summed E-state index contributed by atoms with van der Waals surface area (Å²) in [5, 5.41) is 2.57. The van der Waals surface area contributed by atoms with Gasteiger partial charge in [0.1, 0.15) is 6.26 Å². The number of aromatic nitrogens is 1. The summed E-state index contributed by atoms with van der Waals surface area (Å²) in [5.41, 5.74) is 1.27. The number of aryl methyl sites for hydroxylation is 1. The number of anilines is 1. The van der Waals surface area contributed by atoms with Crippen LogP contribution in [0.1, 0.15) is 16.1 Å². The monoisotopic (exact) mass is 364 g/mol. The Labute approximate surface area is 112 Å². The maximum absolute atomic E-state index is 11.8. The zero-order valence-electron chi connectivity index (χ0n) is 8.08. The van der Waals surface area contributed by atoms with Gasteiger partial charge in [-0.3, -0.25) is 10.1 Å². The number of halogens is 2. The third-order valence-corrected chi connectivity index (χ3v) is 4.08. The highest BCUT2D eigenvalue weighted by Gasteiger charge is 2.15. The number of carbonyl (C=O) groups is 1. The molecule has 2 rings (SSSR count). The predicted octanol–water partition coefficient (Wildman–Crippen LogP) is 3.82. The molecule has 84 valence electrons. The van der Waals surface area contributed by atoms with Crippen molar-refractivity contribution >= 4 is 55.1 Å². The summed E-state index contributed by atoms with van der Waals surface area (Å²) in [6.07, 6.45) is 1.48. The largest absolute Gasteiger partial charge is 0.432 e. The van der Waals surface area contributed by atoms with Gasteiger partial charge in [-0.1, -0.05) is 0 Å². The van der Waals surface area contributed by atoms with Crippen molar-refractivity contribution in [2.24, 2.45) is 0 Å². The lowest BCUT2D eigenvalue weighted by Crippen LogP contribution is -2.11. The predicted molar refractivity (Wildman–Crippen MR) is 68.9 cm³/mol. The Balaban J connectivity index is 2.17. The van der Waals surface area contributed by atoms with E-state index in [0.717, 1.165) is 13.3 Å². The number of hydrogen-bond acceptors (Lipinski definition) is 4. The van der Waals surface area contributed by atoms with Crippen molar-refractivity contribution in [2.75, 3.05) is 5.32 Å². The molecule has 0 saturated heterocycles. The number of nitrogens with zero attached hydrogens (tertiary/aromatic N) is 1. The van der Waals surface area contributed by atoms with Gasteiger partial charge in [0, 0.05) is 0 Å². The maximum atomic E-state index is 11.8. The van der Waals surface area contributed by atoms with E-state index < -0.39 is 0 Å². The zero-order chi connectivity index (χ0) is 11.7. The molecule has 0 radical (unpaired) electrons. The minimum absolute atomic E-state index is 0.205. The molecule has 4 nitrogen and oxygen atoms in total. The summed E-state index contributed by atoms with van der Waals surface area (Å²) in [6.45, 7) is 1.79. The smallest absolute Gasteiger partial charge is 0.301 e. The van der Waals surface area contributed by atoms with Gasteiger partial charge in [0.2, 0.25) is 0 Å². The van der Waals surface area contributed by atoms with Crippen LogP contribution in [0.5, 0.6) is 0 Å². The first kappa shape index (κ1) is 11.8. The van der Waals surface area contributed by atoms with E-state index in [1.807, 2.05) is 0 Å². The fourth-order valence-electron chi connectivity index (χ4n) is 1.07. The van der Waals surface area contributed by atoms with Crippen LogP contribution in [0, 0.1) is 6.92 Å². The van der Waals surface area contributed by atoms with Gasteiger partial charge in [-0.25, -0.2) is 0 Å². The van der Waals surface area contributed by atoms with Crippen LogP contribution < -0.4 is 5.32 Å². The molecular formula is C9H6Br2N2O2S. The van der Waals surface area contributed by atoms with Crippen LogP contribution in [-0.2, 0) is 0 Å². The average Bonchev–Trinajstić information content (AvgIpc) is 2.73. The molecule has 2 aromatic rings. The fourth-order valence-corrected chi connectivity index (χ4v) is 3.86. The van der Waals surface area contributed by atoms with Crippen LogP contribution >= 0.6 is 43.2 Å². The van der Waals surface area contributed by atoms with E-state index in [2.05, 4.69) is 42.2 Å². The van der Waals surface area contributed by atoms with Gasteiger partial charge in [0.05, 0.1) is 18.8 Å². The summed E-state index contributed by atoms with van der Waals surface area (Å²) >= 11 is 8.06. The molecular weight excluding hydrogens is 360 g/mol. The molecule has 0 unspecified atom stereocenters. The van der Waals surface area contributed by atoms with Crippen molar-refractivity contribution in [1.29, 1.82) is 0 Å². The Kier molecular flexibility index (Phi) is 3.46. The lowest BCUT2D eigenvalue weighted by atomic mass is 10.3. The topological polar surface area (TPSA) is 55.1 Å². The molecule has 0 spiro atoms. The summed E-state index contributed by atoms with van der Waals surface area (Å²) in [5.74, 6) is -0.254. The summed E-state index contributed by atoms with van der Waals surface area (Å²) in [6, 6.07) is 1.94. The van der Waals surface area contributed by atoms with Crippen LogP contribution in [0.25, 0.3) is 0 Å². The first-order valence-corrected chi connectivity index (χ1v) is 6.65. The highest BCUT2D eigenvalue weighted by Crippen LogP contribution is 2.32. The van der Waals surface area contributed by atoms with E-state index in [4.69, 9.17) is 4.42 Å². The van der Waals surface area contributed by atoms with Crippen molar-refractivity contribution in [1.82, 2.24) is 4.98 Å². The van der Waals surface area contributed by atoms with Crippen molar-refractivity contribution < 1.29 is 9.21 Å². The first-order valence-electron chi connectivity index (χ1n) is 4.24. The molecule has 1 amide bonds. The summed E-state index contributed by atoms with van der Waals surface area (Å²) in [4.78, 5) is 15.8. The van der Waals surface area contributed by atoms with Crippen molar-refractivity contribution in [3.63, 3.8) is 0 Å². The maximum Gasteiger partial charge on any atom is 0.301 e. The van der Waals surface area contributed by atoms with E-state index in [1.54, 1.807) is 13.0 Å². The summed E-state index contributed by atoms with van der Waals surface area (Å²) < 4.78 is 6.68. The van der Waals surface area contributed by atoms with Gasteiger partial charge in [-0.15, -0.1) is 11.3 Å². The molecule has 2 aromatic heterocycles. The Hall–Kier alpha value is -0.660. The minimum atomic E-state index is -0.254. The number of carbonyl (C=O) groups excluding carboxylic acids is 1. The number of amides is 1. The molecule has 0 aliphatic heterocycles. The van der Waals surface area contributed by atoms with Gasteiger partial charge >= 0.3 is 6.01 Å². The number of thiophene rings is 1. The Morgan fingerprint density at radius 3 is 2.81 bits per heavy atom. The van der Waals surface area contributed by atoms with Crippen LogP contribution in [0.2, 0.25) is 0 Å². The second-order valence-electron chi connectivity index (χ2n) is 2.99. The number of oxazole rings is 1. The Morgan fingerprint density at radius 1 is 1.56 bits per heavy atom. The lowest BCUT2D eigenvalue weighted by molar-refractivity contribution is 0.102. The molecule has 7 heteroatoms. The molecule has 0 atom stereocenters. The molecule has 16 heavy (non-hydrogen) atoms. The van der Waals surface area contributed by atoms with E-state index in [-0.39, 0.29) is 11.9 Å². The number of hydrogen-bond donors (Lipinski definition) is 1. The SMILES string of the molecule is Cc1coc(NC(=O)c2cc(Br)sc2Br)n1. The lowest BCUT2D eigenvalue weighted by Gasteiger charge is -1.98. The van der Waals surface area contributed by atoms with Crippen molar-refractivity contribution in [3.05, 3.63) is 31.2 Å². The molecule has 0 fully saturated rings. The molecule has 2 heterocycles. The van der Waals surface area contributed by atoms with Crippen molar-refractivity contribution in [2.45, 2.75) is 6.92 Å². The second-order valence-corrected chi connectivity index (χ2v) is 6.74. The zero-order valence-corrected chi connectivity index (χ0v) is 12.1. The van der Waals surface area contributed by atoms with E-state index in [1.165, 1.54) is 17.6 Å². The van der Waals surface area contributed by atoms with E-state index in [0.29, 0.717) is 5.56 Å². The van der Waals surface area contributed by atoms with E-state index in [9.17, 15) is 4.79 Å². The highest BCUT2D eigenvalue weighted by atomic mass is 79.9. The van der Waals surface area contributed by atoms with Gasteiger partial charge in [-0.2, -0.15) is 4.98 Å². The minimum Gasteiger partial charge on any atom is -0.432 e. The van der Waals surface area contributed by atoms with Gasteiger partial charge in [-0.05, 0) is 44.8 Å². The Morgan fingerprint density at radius 2 is 2.31 bits per heavy atom. The van der Waals surface area contributed by atoms with Gasteiger partial charge in [0.25, 0.3) is 5.91 Å².